The summed E-state index contributed by atoms with van der Waals surface area (Å²) < 4.78 is 1.87. The molecular formula is C14H23N7. The second kappa shape index (κ2) is 6.09. The molecule has 0 unspecified atom stereocenters. The number of nitrogen functional groups attached to an aromatic ring is 1. The van der Waals surface area contributed by atoms with Crippen LogP contribution in [0, 0.1) is 6.92 Å². The zero-order valence-corrected chi connectivity index (χ0v) is 13.0. The van der Waals surface area contributed by atoms with Crippen LogP contribution in [0.25, 0.3) is 0 Å². The fourth-order valence-electron chi connectivity index (χ4n) is 1.89. The lowest BCUT2D eigenvalue weighted by atomic mass is 9.95. The fraction of sp³-hybridized carbons (Fsp3) is 0.500. The van der Waals surface area contributed by atoms with Crippen molar-refractivity contribution in [3.63, 3.8) is 0 Å². The minimum absolute atomic E-state index is 0.141. The van der Waals surface area contributed by atoms with Crippen molar-refractivity contribution >= 4 is 11.6 Å². The molecule has 7 nitrogen and oxygen atoms in total. The summed E-state index contributed by atoms with van der Waals surface area (Å²) in [6.45, 7) is 9.67. The van der Waals surface area contributed by atoms with Crippen LogP contribution < -0.4 is 16.6 Å². The Kier molecular flexibility index (Phi) is 4.42. The molecule has 0 aliphatic carbocycles. The predicted octanol–water partition coefficient (Wildman–Crippen LogP) is 1.68. The Labute approximate surface area is 124 Å². The van der Waals surface area contributed by atoms with Gasteiger partial charge in [0.1, 0.15) is 17.5 Å². The maximum absolute atomic E-state index is 5.56. The van der Waals surface area contributed by atoms with Gasteiger partial charge in [-0.05, 0) is 13.0 Å². The third kappa shape index (κ3) is 3.69. The van der Waals surface area contributed by atoms with Crippen molar-refractivity contribution < 1.29 is 0 Å². The Hall–Kier alpha value is -2.15. The van der Waals surface area contributed by atoms with E-state index in [1.165, 1.54) is 0 Å². The molecule has 2 aromatic heterocycles. The Morgan fingerprint density at radius 2 is 1.95 bits per heavy atom. The smallest absolute Gasteiger partial charge is 0.148 e. The molecule has 2 rings (SSSR count). The summed E-state index contributed by atoms with van der Waals surface area (Å²) >= 11 is 0. The number of rotatable bonds is 5. The fourth-order valence-corrected chi connectivity index (χ4v) is 1.89. The minimum Gasteiger partial charge on any atom is -0.368 e. The molecule has 0 saturated heterocycles. The average molecular weight is 289 g/mol. The minimum atomic E-state index is -0.141. The maximum atomic E-state index is 5.56. The van der Waals surface area contributed by atoms with Crippen LogP contribution in [-0.4, -0.2) is 26.3 Å². The molecule has 0 radical (unpaired) electrons. The van der Waals surface area contributed by atoms with E-state index in [0.717, 1.165) is 30.3 Å². The van der Waals surface area contributed by atoms with Gasteiger partial charge in [-0.2, -0.15) is 5.10 Å². The normalized spacial score (nSPS) is 11.5. The summed E-state index contributed by atoms with van der Waals surface area (Å²) in [6.07, 6.45) is 3.70. The van der Waals surface area contributed by atoms with E-state index in [0.29, 0.717) is 5.82 Å². The van der Waals surface area contributed by atoms with Gasteiger partial charge >= 0.3 is 0 Å². The third-order valence-electron chi connectivity index (χ3n) is 3.15. The summed E-state index contributed by atoms with van der Waals surface area (Å²) in [5.74, 6) is 7.76. The average Bonchev–Trinajstić information content (AvgIpc) is 2.92. The van der Waals surface area contributed by atoms with E-state index in [9.17, 15) is 0 Å². The number of nitrogens with zero attached hydrogens (tertiary/aromatic N) is 4. The first-order valence-corrected chi connectivity index (χ1v) is 6.99. The Bertz CT molecular complexity index is 584. The third-order valence-corrected chi connectivity index (χ3v) is 3.15. The Balaban J connectivity index is 2.17. The number of hydrogen-bond acceptors (Lipinski definition) is 6. The van der Waals surface area contributed by atoms with Gasteiger partial charge in [-0.3, -0.25) is 4.68 Å². The predicted molar refractivity (Wildman–Crippen MR) is 84.0 cm³/mol. The van der Waals surface area contributed by atoms with Crippen molar-refractivity contribution in [2.24, 2.45) is 5.84 Å². The summed E-state index contributed by atoms with van der Waals surface area (Å²) in [7, 11) is 0. The molecule has 0 atom stereocenters. The SMILES string of the molecule is Cc1c(NN)nc(C(C)(C)C)nc1NCCn1cccn1. The highest BCUT2D eigenvalue weighted by molar-refractivity contribution is 5.57. The molecule has 4 N–H and O–H groups in total. The quantitative estimate of drug-likeness (QED) is 0.573. The van der Waals surface area contributed by atoms with E-state index < -0.39 is 0 Å². The monoisotopic (exact) mass is 289 g/mol. The van der Waals surface area contributed by atoms with Crippen molar-refractivity contribution in [2.75, 3.05) is 17.3 Å². The molecule has 2 aromatic rings. The molecule has 0 aliphatic rings. The standard InChI is InChI=1S/C14H23N7/c1-10-11(16-7-9-21-8-5-6-17-21)18-13(14(2,3)4)19-12(10)20-15/h5-6,8H,7,9,15H2,1-4H3,(H2,16,18,19,20). The second-order valence-corrected chi connectivity index (χ2v) is 5.96. The van der Waals surface area contributed by atoms with Gasteiger partial charge in [0, 0.05) is 29.9 Å². The van der Waals surface area contributed by atoms with E-state index >= 15 is 0 Å². The summed E-state index contributed by atoms with van der Waals surface area (Å²) in [5, 5.41) is 7.50. The number of nitrogens with two attached hydrogens (primary N) is 1. The zero-order valence-electron chi connectivity index (χ0n) is 13.0. The molecule has 0 aromatic carbocycles. The molecule has 0 saturated carbocycles. The molecular weight excluding hydrogens is 266 g/mol. The van der Waals surface area contributed by atoms with Crippen LogP contribution in [-0.2, 0) is 12.0 Å². The van der Waals surface area contributed by atoms with Crippen LogP contribution in [0.2, 0.25) is 0 Å². The van der Waals surface area contributed by atoms with E-state index in [2.05, 4.69) is 46.6 Å². The lowest BCUT2D eigenvalue weighted by Crippen LogP contribution is -2.22. The Morgan fingerprint density at radius 3 is 2.52 bits per heavy atom. The molecule has 0 bridgehead atoms. The molecule has 7 heteroatoms. The van der Waals surface area contributed by atoms with Crippen molar-refractivity contribution in [1.29, 1.82) is 0 Å². The van der Waals surface area contributed by atoms with Gasteiger partial charge in [-0.25, -0.2) is 15.8 Å². The van der Waals surface area contributed by atoms with E-state index in [1.54, 1.807) is 6.20 Å². The summed E-state index contributed by atoms with van der Waals surface area (Å²) in [4.78, 5) is 9.10. The van der Waals surface area contributed by atoms with Crippen LogP contribution in [0.15, 0.2) is 18.5 Å². The van der Waals surface area contributed by atoms with E-state index in [4.69, 9.17) is 5.84 Å². The first-order chi connectivity index (χ1) is 9.91. The van der Waals surface area contributed by atoms with Crippen LogP contribution >= 0.6 is 0 Å². The lowest BCUT2D eigenvalue weighted by molar-refractivity contribution is 0.545. The largest absolute Gasteiger partial charge is 0.368 e. The second-order valence-electron chi connectivity index (χ2n) is 5.96. The number of aromatic nitrogens is 4. The zero-order chi connectivity index (χ0) is 15.5. The topological polar surface area (TPSA) is 93.7 Å². The molecule has 0 amide bonds. The number of hydrogen-bond donors (Lipinski definition) is 3. The van der Waals surface area contributed by atoms with Crippen molar-refractivity contribution in [1.82, 2.24) is 19.7 Å². The molecule has 0 spiro atoms. The van der Waals surface area contributed by atoms with Crippen molar-refractivity contribution in [2.45, 2.75) is 39.7 Å². The van der Waals surface area contributed by atoms with Crippen LogP contribution in [0.3, 0.4) is 0 Å². The van der Waals surface area contributed by atoms with E-state index in [1.807, 2.05) is 23.9 Å². The van der Waals surface area contributed by atoms with Gasteiger partial charge < -0.3 is 10.7 Å². The summed E-state index contributed by atoms with van der Waals surface area (Å²) in [6, 6.07) is 1.91. The molecule has 0 fully saturated rings. The number of nitrogens with one attached hydrogen (secondary N) is 2. The number of hydrazine groups is 1. The van der Waals surface area contributed by atoms with Gasteiger partial charge in [0.05, 0.1) is 6.54 Å². The van der Waals surface area contributed by atoms with Crippen molar-refractivity contribution in [3.05, 3.63) is 29.8 Å². The first-order valence-electron chi connectivity index (χ1n) is 6.99. The molecule has 21 heavy (non-hydrogen) atoms. The van der Waals surface area contributed by atoms with Crippen LogP contribution in [0.5, 0.6) is 0 Å². The highest BCUT2D eigenvalue weighted by Crippen LogP contribution is 2.25. The Morgan fingerprint density at radius 1 is 1.24 bits per heavy atom. The van der Waals surface area contributed by atoms with Gasteiger partial charge in [0.2, 0.25) is 0 Å². The molecule has 2 heterocycles. The lowest BCUT2D eigenvalue weighted by Gasteiger charge is -2.20. The van der Waals surface area contributed by atoms with Crippen LogP contribution in [0.1, 0.15) is 32.2 Å². The molecule has 114 valence electrons. The van der Waals surface area contributed by atoms with E-state index in [-0.39, 0.29) is 5.41 Å². The van der Waals surface area contributed by atoms with Gasteiger partial charge in [-0.1, -0.05) is 20.8 Å². The highest BCUT2D eigenvalue weighted by Gasteiger charge is 2.20. The van der Waals surface area contributed by atoms with Gasteiger partial charge in [-0.15, -0.1) is 0 Å². The number of anilines is 2. The van der Waals surface area contributed by atoms with Crippen LogP contribution in [0.4, 0.5) is 11.6 Å². The molecule has 0 aliphatic heterocycles. The highest BCUT2D eigenvalue weighted by atomic mass is 15.3. The maximum Gasteiger partial charge on any atom is 0.148 e. The van der Waals surface area contributed by atoms with Gasteiger partial charge in [0.15, 0.2) is 0 Å². The first kappa shape index (κ1) is 15.2. The summed E-state index contributed by atoms with van der Waals surface area (Å²) in [5.41, 5.74) is 3.41. The van der Waals surface area contributed by atoms with Gasteiger partial charge in [0.25, 0.3) is 0 Å². The van der Waals surface area contributed by atoms with Crippen molar-refractivity contribution in [3.8, 4) is 0 Å².